The summed E-state index contributed by atoms with van der Waals surface area (Å²) in [7, 11) is 0. The number of para-hydroxylation sites is 1. The van der Waals surface area contributed by atoms with Crippen LogP contribution in [0.15, 0.2) is 48.5 Å². The predicted octanol–water partition coefficient (Wildman–Crippen LogP) is 3.94. The van der Waals surface area contributed by atoms with Gasteiger partial charge in [-0.3, -0.25) is 4.90 Å². The third-order valence-corrected chi connectivity index (χ3v) is 5.65. The molecule has 2 heterocycles. The van der Waals surface area contributed by atoms with Gasteiger partial charge < -0.3 is 10.2 Å². The van der Waals surface area contributed by atoms with Gasteiger partial charge in [0.25, 0.3) is 0 Å². The molecule has 0 unspecified atom stereocenters. The summed E-state index contributed by atoms with van der Waals surface area (Å²) in [6, 6.07) is 16.2. The minimum absolute atomic E-state index is 0.129. The van der Waals surface area contributed by atoms with E-state index in [2.05, 4.69) is 52.4 Å². The van der Waals surface area contributed by atoms with Crippen molar-refractivity contribution in [2.24, 2.45) is 0 Å². The van der Waals surface area contributed by atoms with Gasteiger partial charge in [-0.25, -0.2) is 4.39 Å². The topological polar surface area (TPSA) is 18.5 Å². The van der Waals surface area contributed by atoms with Crippen LogP contribution in [0.25, 0.3) is 0 Å². The molecule has 1 fully saturated rings. The van der Waals surface area contributed by atoms with E-state index in [1.165, 1.54) is 5.69 Å². The van der Waals surface area contributed by atoms with E-state index in [0.29, 0.717) is 12.0 Å². The van der Waals surface area contributed by atoms with Crippen LogP contribution in [0.1, 0.15) is 24.8 Å². The lowest BCUT2D eigenvalue weighted by molar-refractivity contribution is 0.247. The maximum atomic E-state index is 13.6. The highest BCUT2D eigenvalue weighted by Crippen LogP contribution is 2.38. The summed E-state index contributed by atoms with van der Waals surface area (Å²) < 4.78 is 13.6. The van der Waals surface area contributed by atoms with Gasteiger partial charge >= 0.3 is 0 Å². The zero-order valence-corrected chi connectivity index (χ0v) is 14.8. The standard InChI is InChI=1S/C21H26FN3/c1-16-19(20-15-17(22)7-8-21(20)23-16)9-10-24-11-13-25(14-12-24)18-5-3-2-4-6-18/h2-8,15-16,19,23H,9-14H2,1H3/t16-,19+/m1/s1. The van der Waals surface area contributed by atoms with Gasteiger partial charge in [-0.05, 0) is 55.8 Å². The second-order valence-corrected chi connectivity index (χ2v) is 7.22. The number of piperazine rings is 1. The first-order valence-electron chi connectivity index (χ1n) is 9.29. The molecule has 0 bridgehead atoms. The molecule has 2 aliphatic rings. The third kappa shape index (κ3) is 3.49. The molecule has 2 aliphatic heterocycles. The number of anilines is 2. The molecule has 2 aromatic carbocycles. The van der Waals surface area contributed by atoms with Crippen molar-refractivity contribution < 1.29 is 4.39 Å². The van der Waals surface area contributed by atoms with E-state index in [9.17, 15) is 4.39 Å². The van der Waals surface area contributed by atoms with Crippen molar-refractivity contribution in [3.63, 3.8) is 0 Å². The van der Waals surface area contributed by atoms with Gasteiger partial charge in [0.15, 0.2) is 0 Å². The Morgan fingerprint density at radius 2 is 1.80 bits per heavy atom. The molecule has 4 heteroatoms. The molecule has 2 atom stereocenters. The minimum atomic E-state index is -0.129. The quantitative estimate of drug-likeness (QED) is 0.910. The van der Waals surface area contributed by atoms with E-state index in [4.69, 9.17) is 0 Å². The van der Waals surface area contributed by atoms with E-state index in [0.717, 1.165) is 50.4 Å². The van der Waals surface area contributed by atoms with Crippen molar-refractivity contribution >= 4 is 11.4 Å². The van der Waals surface area contributed by atoms with E-state index >= 15 is 0 Å². The number of hydrogen-bond acceptors (Lipinski definition) is 3. The number of rotatable bonds is 4. The second kappa shape index (κ2) is 7.04. The Hall–Kier alpha value is -2.07. The van der Waals surface area contributed by atoms with Crippen LogP contribution in [-0.4, -0.2) is 43.7 Å². The lowest BCUT2D eigenvalue weighted by Gasteiger charge is -2.36. The fraction of sp³-hybridized carbons (Fsp3) is 0.429. The van der Waals surface area contributed by atoms with E-state index in [1.807, 2.05) is 6.07 Å². The van der Waals surface area contributed by atoms with Crippen molar-refractivity contribution in [2.75, 3.05) is 42.9 Å². The van der Waals surface area contributed by atoms with Crippen molar-refractivity contribution in [1.82, 2.24) is 4.90 Å². The summed E-state index contributed by atoms with van der Waals surface area (Å²) in [6.45, 7) is 7.63. The average Bonchev–Trinajstić information content (AvgIpc) is 2.96. The van der Waals surface area contributed by atoms with E-state index in [-0.39, 0.29) is 5.82 Å². The molecule has 1 N–H and O–H groups in total. The van der Waals surface area contributed by atoms with Crippen molar-refractivity contribution in [2.45, 2.75) is 25.3 Å². The molecule has 4 rings (SSSR count). The SMILES string of the molecule is C[C@H]1Nc2ccc(F)cc2[C@H]1CCN1CCN(c2ccccc2)CC1. The molecule has 25 heavy (non-hydrogen) atoms. The molecule has 3 nitrogen and oxygen atoms in total. The predicted molar refractivity (Wildman–Crippen MR) is 102 cm³/mol. The van der Waals surface area contributed by atoms with Crippen LogP contribution in [0.2, 0.25) is 0 Å². The fourth-order valence-electron chi connectivity index (χ4n) is 4.18. The molecule has 0 amide bonds. The smallest absolute Gasteiger partial charge is 0.123 e. The lowest BCUT2D eigenvalue weighted by atomic mass is 9.92. The van der Waals surface area contributed by atoms with Crippen LogP contribution < -0.4 is 10.2 Å². The third-order valence-electron chi connectivity index (χ3n) is 5.65. The molecule has 0 radical (unpaired) electrons. The second-order valence-electron chi connectivity index (χ2n) is 7.22. The highest BCUT2D eigenvalue weighted by atomic mass is 19.1. The van der Waals surface area contributed by atoms with Gasteiger partial charge in [-0.1, -0.05) is 18.2 Å². The molecule has 0 aliphatic carbocycles. The number of nitrogens with one attached hydrogen (secondary N) is 1. The molecule has 1 saturated heterocycles. The maximum Gasteiger partial charge on any atom is 0.123 e. The van der Waals surface area contributed by atoms with Crippen LogP contribution in [0.5, 0.6) is 0 Å². The number of benzene rings is 2. The molecule has 0 aromatic heterocycles. The number of hydrogen-bond donors (Lipinski definition) is 1. The lowest BCUT2D eigenvalue weighted by Crippen LogP contribution is -2.47. The van der Waals surface area contributed by atoms with E-state index < -0.39 is 0 Å². The summed E-state index contributed by atoms with van der Waals surface area (Å²) in [6.07, 6.45) is 1.08. The molecular weight excluding hydrogens is 313 g/mol. The van der Waals surface area contributed by atoms with Gasteiger partial charge in [0, 0.05) is 49.5 Å². The average molecular weight is 339 g/mol. The number of nitrogens with zero attached hydrogens (tertiary/aromatic N) is 2. The Kier molecular flexibility index (Phi) is 4.62. The minimum Gasteiger partial charge on any atom is -0.382 e. The summed E-state index contributed by atoms with van der Waals surface area (Å²) in [4.78, 5) is 5.00. The maximum absolute atomic E-state index is 13.6. The Morgan fingerprint density at radius 1 is 1.04 bits per heavy atom. The highest BCUT2D eigenvalue weighted by Gasteiger charge is 2.29. The summed E-state index contributed by atoms with van der Waals surface area (Å²) in [5.74, 6) is 0.272. The van der Waals surface area contributed by atoms with Gasteiger partial charge in [-0.2, -0.15) is 0 Å². The summed E-state index contributed by atoms with van der Waals surface area (Å²) in [5.41, 5.74) is 3.57. The van der Waals surface area contributed by atoms with Gasteiger partial charge in [-0.15, -0.1) is 0 Å². The zero-order chi connectivity index (χ0) is 17.2. The fourth-order valence-corrected chi connectivity index (χ4v) is 4.18. The first-order valence-corrected chi connectivity index (χ1v) is 9.29. The number of halogens is 1. The summed E-state index contributed by atoms with van der Waals surface area (Å²) >= 11 is 0. The largest absolute Gasteiger partial charge is 0.382 e. The highest BCUT2D eigenvalue weighted by molar-refractivity contribution is 5.59. The molecule has 0 spiro atoms. The summed E-state index contributed by atoms with van der Waals surface area (Å²) in [5, 5.41) is 3.50. The molecule has 0 saturated carbocycles. The van der Waals surface area contributed by atoms with Gasteiger partial charge in [0.2, 0.25) is 0 Å². The van der Waals surface area contributed by atoms with Crippen molar-refractivity contribution in [3.8, 4) is 0 Å². The Balaban J connectivity index is 1.32. The van der Waals surface area contributed by atoms with Crippen LogP contribution in [0.4, 0.5) is 15.8 Å². The normalized spacial score (nSPS) is 23.4. The van der Waals surface area contributed by atoms with Crippen LogP contribution in [-0.2, 0) is 0 Å². The van der Waals surface area contributed by atoms with Crippen LogP contribution >= 0.6 is 0 Å². The van der Waals surface area contributed by atoms with Gasteiger partial charge in [0.05, 0.1) is 0 Å². The monoisotopic (exact) mass is 339 g/mol. The Bertz CT molecular complexity index is 710. The number of fused-ring (bicyclic) bond motifs is 1. The molecule has 2 aromatic rings. The Morgan fingerprint density at radius 3 is 2.56 bits per heavy atom. The molecular formula is C21H26FN3. The van der Waals surface area contributed by atoms with Crippen LogP contribution in [0, 0.1) is 5.82 Å². The van der Waals surface area contributed by atoms with Crippen molar-refractivity contribution in [3.05, 3.63) is 59.9 Å². The molecule has 132 valence electrons. The van der Waals surface area contributed by atoms with E-state index in [1.54, 1.807) is 12.1 Å². The van der Waals surface area contributed by atoms with Gasteiger partial charge in [0.1, 0.15) is 5.82 Å². The Labute approximate surface area is 149 Å². The van der Waals surface area contributed by atoms with Crippen molar-refractivity contribution in [1.29, 1.82) is 0 Å². The first kappa shape index (κ1) is 16.4. The first-order chi connectivity index (χ1) is 12.2. The zero-order valence-electron chi connectivity index (χ0n) is 14.8. The van der Waals surface area contributed by atoms with Crippen LogP contribution in [0.3, 0.4) is 0 Å².